The minimum absolute atomic E-state index is 0.0127. The van der Waals surface area contributed by atoms with Crippen molar-refractivity contribution in [3.05, 3.63) is 35.4 Å². The van der Waals surface area contributed by atoms with Crippen LogP contribution in [-0.2, 0) is 22.7 Å². The van der Waals surface area contributed by atoms with Crippen molar-refractivity contribution in [2.75, 3.05) is 19.6 Å². The van der Waals surface area contributed by atoms with Crippen molar-refractivity contribution in [3.8, 4) is 0 Å². The molecule has 2 N–H and O–H groups in total. The summed E-state index contributed by atoms with van der Waals surface area (Å²) in [7, 11) is 0. The molecule has 4 bridgehead atoms. The van der Waals surface area contributed by atoms with Crippen molar-refractivity contribution in [1.82, 2.24) is 15.5 Å². The molecule has 33 heavy (non-hydrogen) atoms. The first-order valence-electron chi connectivity index (χ1n) is 13.4. The Morgan fingerprint density at radius 1 is 0.879 bits per heavy atom. The predicted molar refractivity (Wildman–Crippen MR) is 130 cm³/mol. The van der Waals surface area contributed by atoms with E-state index in [2.05, 4.69) is 39.8 Å². The average Bonchev–Trinajstić information content (AvgIpc) is 3.06. The molecule has 4 saturated carbocycles. The van der Waals surface area contributed by atoms with Crippen LogP contribution in [0, 0.1) is 23.2 Å². The molecule has 0 unspecified atom stereocenters. The Labute approximate surface area is 199 Å². The lowest BCUT2D eigenvalue weighted by atomic mass is 9.49. The van der Waals surface area contributed by atoms with Gasteiger partial charge in [0.15, 0.2) is 0 Å². The van der Waals surface area contributed by atoms with Gasteiger partial charge in [-0.05, 0) is 93.3 Å². The highest BCUT2D eigenvalue weighted by molar-refractivity contribution is 5.84. The summed E-state index contributed by atoms with van der Waals surface area (Å²) in [6.07, 6.45) is 12.9. The van der Waals surface area contributed by atoms with Crippen molar-refractivity contribution in [3.63, 3.8) is 0 Å². The summed E-state index contributed by atoms with van der Waals surface area (Å²) in [6, 6.07) is 8.59. The quantitative estimate of drug-likeness (QED) is 0.616. The van der Waals surface area contributed by atoms with E-state index < -0.39 is 0 Å². The molecule has 5 fully saturated rings. The van der Waals surface area contributed by atoms with Gasteiger partial charge in [0, 0.05) is 31.5 Å². The molecule has 4 aliphatic carbocycles. The van der Waals surface area contributed by atoms with E-state index in [1.807, 2.05) is 0 Å². The average molecular weight is 452 g/mol. The number of likely N-dealkylation sites (tertiary alicyclic amines) is 1. The van der Waals surface area contributed by atoms with Crippen molar-refractivity contribution < 1.29 is 9.59 Å². The molecular weight excluding hydrogens is 410 g/mol. The van der Waals surface area contributed by atoms with Gasteiger partial charge in [0.05, 0.1) is 0 Å². The summed E-state index contributed by atoms with van der Waals surface area (Å²) in [6.45, 7) is 4.38. The SMILES string of the molecule is O=C(CCNC(=O)C12CC3CC(CC(C3)C1)C2)NCc1cccc(CN2CCCCCC2)c1. The zero-order chi connectivity index (χ0) is 22.7. The van der Waals surface area contributed by atoms with Crippen LogP contribution in [0.4, 0.5) is 0 Å². The standard InChI is InChI=1S/C28H41N3O2/c32-26(8-9-29-27(33)28-16-23-13-24(17-28)15-25(14-23)18-28)30-19-21-6-5-7-22(12-21)20-31-10-3-1-2-4-11-31/h5-7,12,23-25H,1-4,8-11,13-20H2,(H,29,33)(H,30,32). The molecule has 0 radical (unpaired) electrons. The van der Waals surface area contributed by atoms with Crippen LogP contribution in [0.25, 0.3) is 0 Å². The lowest BCUT2D eigenvalue weighted by Crippen LogP contribution is -2.53. The molecule has 5 nitrogen and oxygen atoms in total. The first kappa shape index (κ1) is 22.9. The summed E-state index contributed by atoms with van der Waals surface area (Å²) in [5.41, 5.74) is 2.35. The Kier molecular flexibility index (Phi) is 7.05. The van der Waals surface area contributed by atoms with Gasteiger partial charge < -0.3 is 10.6 Å². The summed E-state index contributed by atoms with van der Waals surface area (Å²) in [5.74, 6) is 2.52. The van der Waals surface area contributed by atoms with Crippen LogP contribution in [0.2, 0.25) is 0 Å². The predicted octanol–water partition coefficient (Wildman–Crippen LogP) is 4.40. The van der Waals surface area contributed by atoms with Crippen molar-refractivity contribution in [2.24, 2.45) is 23.2 Å². The van der Waals surface area contributed by atoms with Gasteiger partial charge in [0.25, 0.3) is 0 Å². The molecule has 5 aliphatic rings. The summed E-state index contributed by atoms with van der Waals surface area (Å²) >= 11 is 0. The Hall–Kier alpha value is -1.88. The highest BCUT2D eigenvalue weighted by atomic mass is 16.2. The second-order valence-corrected chi connectivity index (χ2v) is 11.5. The molecule has 180 valence electrons. The first-order valence-corrected chi connectivity index (χ1v) is 13.4. The van der Waals surface area contributed by atoms with E-state index in [9.17, 15) is 9.59 Å². The van der Waals surface area contributed by atoms with Crippen LogP contribution in [0.3, 0.4) is 0 Å². The normalized spacial score (nSPS) is 31.2. The van der Waals surface area contributed by atoms with Crippen LogP contribution in [0.15, 0.2) is 24.3 Å². The van der Waals surface area contributed by atoms with Crippen LogP contribution in [0.5, 0.6) is 0 Å². The van der Waals surface area contributed by atoms with E-state index in [1.54, 1.807) is 0 Å². The van der Waals surface area contributed by atoms with Crippen molar-refractivity contribution in [1.29, 1.82) is 0 Å². The summed E-state index contributed by atoms with van der Waals surface area (Å²) in [4.78, 5) is 28.0. The molecule has 1 heterocycles. The molecule has 0 aromatic heterocycles. The van der Waals surface area contributed by atoms with Crippen LogP contribution < -0.4 is 10.6 Å². The van der Waals surface area contributed by atoms with Crippen molar-refractivity contribution >= 4 is 11.8 Å². The molecule has 0 spiro atoms. The monoisotopic (exact) mass is 451 g/mol. The van der Waals surface area contributed by atoms with E-state index in [4.69, 9.17) is 0 Å². The molecule has 6 rings (SSSR count). The molecule has 5 heteroatoms. The number of amides is 2. The van der Waals surface area contributed by atoms with E-state index in [1.165, 1.54) is 63.6 Å². The topological polar surface area (TPSA) is 61.4 Å². The smallest absolute Gasteiger partial charge is 0.226 e. The lowest BCUT2D eigenvalue weighted by molar-refractivity contribution is -0.146. The van der Waals surface area contributed by atoms with Gasteiger partial charge in [-0.3, -0.25) is 14.5 Å². The van der Waals surface area contributed by atoms with E-state index >= 15 is 0 Å². The van der Waals surface area contributed by atoms with E-state index in [0.29, 0.717) is 19.5 Å². The molecular formula is C28H41N3O2. The lowest BCUT2D eigenvalue weighted by Gasteiger charge is -2.55. The molecule has 1 aromatic carbocycles. The Morgan fingerprint density at radius 2 is 1.52 bits per heavy atom. The molecule has 1 aromatic rings. The van der Waals surface area contributed by atoms with Gasteiger partial charge >= 0.3 is 0 Å². The van der Waals surface area contributed by atoms with Crippen LogP contribution in [0.1, 0.15) is 81.8 Å². The van der Waals surface area contributed by atoms with Crippen molar-refractivity contribution in [2.45, 2.75) is 83.7 Å². The van der Waals surface area contributed by atoms with E-state index in [-0.39, 0.29) is 17.2 Å². The van der Waals surface area contributed by atoms with E-state index in [0.717, 1.165) is 49.1 Å². The molecule has 0 atom stereocenters. The van der Waals surface area contributed by atoms with Gasteiger partial charge in [-0.2, -0.15) is 0 Å². The highest BCUT2D eigenvalue weighted by Crippen LogP contribution is 2.60. The maximum atomic E-state index is 13.0. The Balaban J connectivity index is 1.04. The number of carbonyl (C=O) groups is 2. The molecule has 1 saturated heterocycles. The third kappa shape index (κ3) is 5.62. The van der Waals surface area contributed by atoms with Gasteiger partial charge in [-0.25, -0.2) is 0 Å². The van der Waals surface area contributed by atoms with Crippen LogP contribution >= 0.6 is 0 Å². The summed E-state index contributed by atoms with van der Waals surface area (Å²) < 4.78 is 0. The zero-order valence-electron chi connectivity index (χ0n) is 20.1. The second kappa shape index (κ2) is 10.2. The first-order chi connectivity index (χ1) is 16.1. The van der Waals surface area contributed by atoms with Gasteiger partial charge in [-0.1, -0.05) is 37.1 Å². The second-order valence-electron chi connectivity index (χ2n) is 11.5. The van der Waals surface area contributed by atoms with Gasteiger partial charge in [0.1, 0.15) is 0 Å². The number of nitrogens with one attached hydrogen (secondary N) is 2. The Bertz CT molecular complexity index is 808. The van der Waals surface area contributed by atoms with Crippen LogP contribution in [-0.4, -0.2) is 36.3 Å². The minimum atomic E-state index is -0.126. The summed E-state index contributed by atoms with van der Waals surface area (Å²) in [5, 5.41) is 6.17. The van der Waals surface area contributed by atoms with Gasteiger partial charge in [-0.15, -0.1) is 0 Å². The highest BCUT2D eigenvalue weighted by Gasteiger charge is 2.54. The number of benzene rings is 1. The zero-order valence-corrected chi connectivity index (χ0v) is 20.1. The maximum absolute atomic E-state index is 13.0. The molecule has 1 aliphatic heterocycles. The number of carbonyl (C=O) groups excluding carboxylic acids is 2. The fourth-order valence-corrected chi connectivity index (χ4v) is 7.55. The molecule has 2 amide bonds. The fraction of sp³-hybridized carbons (Fsp3) is 0.714. The largest absolute Gasteiger partial charge is 0.355 e. The number of hydrogen-bond acceptors (Lipinski definition) is 3. The third-order valence-corrected chi connectivity index (χ3v) is 8.74. The maximum Gasteiger partial charge on any atom is 0.226 e. The third-order valence-electron chi connectivity index (χ3n) is 8.74. The number of rotatable bonds is 8. The van der Waals surface area contributed by atoms with Gasteiger partial charge in [0.2, 0.25) is 11.8 Å². The minimum Gasteiger partial charge on any atom is -0.355 e. The Morgan fingerprint density at radius 3 is 2.18 bits per heavy atom. The number of nitrogens with zero attached hydrogens (tertiary/aromatic N) is 1. The number of hydrogen-bond donors (Lipinski definition) is 2. The fourth-order valence-electron chi connectivity index (χ4n) is 7.55.